The van der Waals surface area contributed by atoms with E-state index in [9.17, 15) is 8.78 Å². The maximum Gasteiger partial charge on any atom is 0.256 e. The second kappa shape index (κ2) is 3.03. The van der Waals surface area contributed by atoms with E-state index in [0.29, 0.717) is 0 Å². The molecule has 3 heteroatoms. The molecule has 0 saturated carbocycles. The Labute approximate surface area is 64.6 Å². The fourth-order valence-corrected chi connectivity index (χ4v) is 1.13. The second-order valence-electron chi connectivity index (χ2n) is 2.62. The van der Waals surface area contributed by atoms with Crippen LogP contribution in [0.5, 0.6) is 0 Å². The van der Waals surface area contributed by atoms with Crippen molar-refractivity contribution >= 4 is 0 Å². The standard InChI is InChI=1S/C8H11F2N/c1-6-3-4-7(2)11(6)5-8(9)10/h3-4,8H,5H2,1-2H3. The monoisotopic (exact) mass is 159 g/mol. The minimum Gasteiger partial charge on any atom is -0.343 e. The first kappa shape index (κ1) is 8.24. The molecule has 0 atom stereocenters. The summed E-state index contributed by atoms with van der Waals surface area (Å²) >= 11 is 0. The average Bonchev–Trinajstić information content (AvgIpc) is 2.18. The predicted molar refractivity (Wildman–Crippen MR) is 39.9 cm³/mol. The highest BCUT2D eigenvalue weighted by molar-refractivity contribution is 5.13. The van der Waals surface area contributed by atoms with Gasteiger partial charge in [-0.3, -0.25) is 0 Å². The van der Waals surface area contributed by atoms with E-state index >= 15 is 0 Å². The molecule has 0 bridgehead atoms. The van der Waals surface area contributed by atoms with Gasteiger partial charge in [-0.05, 0) is 26.0 Å². The van der Waals surface area contributed by atoms with E-state index in [4.69, 9.17) is 0 Å². The van der Waals surface area contributed by atoms with Crippen LogP contribution in [0.4, 0.5) is 8.78 Å². The first-order valence-corrected chi connectivity index (χ1v) is 3.52. The minimum atomic E-state index is -2.26. The SMILES string of the molecule is Cc1ccc(C)n1CC(F)F. The zero-order valence-electron chi connectivity index (χ0n) is 6.64. The normalized spacial score (nSPS) is 11.0. The van der Waals surface area contributed by atoms with Crippen molar-refractivity contribution in [2.45, 2.75) is 26.8 Å². The highest BCUT2D eigenvalue weighted by Gasteiger charge is 2.06. The number of aryl methyl sites for hydroxylation is 2. The first-order valence-electron chi connectivity index (χ1n) is 3.52. The predicted octanol–water partition coefficient (Wildman–Crippen LogP) is 2.37. The van der Waals surface area contributed by atoms with Crippen LogP contribution in [0, 0.1) is 13.8 Å². The lowest BCUT2D eigenvalue weighted by atomic mass is 10.5. The third-order valence-corrected chi connectivity index (χ3v) is 1.74. The number of nitrogens with zero attached hydrogens (tertiary/aromatic N) is 1. The van der Waals surface area contributed by atoms with Crippen molar-refractivity contribution < 1.29 is 8.78 Å². The molecular weight excluding hydrogens is 148 g/mol. The van der Waals surface area contributed by atoms with E-state index in [0.717, 1.165) is 11.4 Å². The first-order chi connectivity index (χ1) is 5.11. The van der Waals surface area contributed by atoms with Crippen LogP contribution in [0.15, 0.2) is 12.1 Å². The van der Waals surface area contributed by atoms with E-state index in [1.165, 1.54) is 0 Å². The summed E-state index contributed by atoms with van der Waals surface area (Å²) in [5, 5.41) is 0. The fraction of sp³-hybridized carbons (Fsp3) is 0.500. The molecule has 11 heavy (non-hydrogen) atoms. The molecule has 1 rings (SSSR count). The molecule has 1 heterocycles. The molecule has 0 saturated heterocycles. The van der Waals surface area contributed by atoms with Crippen molar-refractivity contribution in [2.24, 2.45) is 0 Å². The number of halogens is 2. The smallest absolute Gasteiger partial charge is 0.256 e. The Bertz CT molecular complexity index is 221. The Balaban J connectivity index is 2.83. The summed E-state index contributed by atoms with van der Waals surface area (Å²) in [5.41, 5.74) is 1.78. The van der Waals surface area contributed by atoms with Crippen molar-refractivity contribution in [1.29, 1.82) is 0 Å². The zero-order valence-corrected chi connectivity index (χ0v) is 6.64. The Morgan fingerprint density at radius 3 is 2.09 bits per heavy atom. The third-order valence-electron chi connectivity index (χ3n) is 1.74. The largest absolute Gasteiger partial charge is 0.343 e. The van der Waals surface area contributed by atoms with Gasteiger partial charge in [-0.25, -0.2) is 8.78 Å². The molecule has 62 valence electrons. The summed E-state index contributed by atoms with van der Waals surface area (Å²) in [6.07, 6.45) is -2.26. The van der Waals surface area contributed by atoms with Gasteiger partial charge in [0.25, 0.3) is 6.43 Å². The second-order valence-corrected chi connectivity index (χ2v) is 2.62. The lowest BCUT2D eigenvalue weighted by molar-refractivity contribution is 0.125. The minimum absolute atomic E-state index is 0.190. The molecule has 1 nitrogen and oxygen atoms in total. The molecule has 0 unspecified atom stereocenters. The molecule has 0 N–H and O–H groups in total. The molecule has 0 aliphatic carbocycles. The van der Waals surface area contributed by atoms with Gasteiger partial charge in [0.1, 0.15) is 0 Å². The molecule has 1 aromatic rings. The summed E-state index contributed by atoms with van der Waals surface area (Å²) in [7, 11) is 0. The van der Waals surface area contributed by atoms with E-state index < -0.39 is 6.43 Å². The Kier molecular flexibility index (Phi) is 2.27. The maximum atomic E-state index is 11.9. The van der Waals surface area contributed by atoms with Crippen molar-refractivity contribution in [2.75, 3.05) is 0 Å². The molecule has 1 aromatic heterocycles. The molecule has 0 aliphatic heterocycles. The van der Waals surface area contributed by atoms with E-state index in [2.05, 4.69) is 0 Å². The molecule has 0 radical (unpaired) electrons. The maximum absolute atomic E-state index is 11.9. The van der Waals surface area contributed by atoms with Crippen LogP contribution in [0.25, 0.3) is 0 Å². The quantitative estimate of drug-likeness (QED) is 0.624. The molecule has 0 amide bonds. The molecule has 0 spiro atoms. The number of rotatable bonds is 2. The molecule has 0 aromatic carbocycles. The number of aromatic nitrogens is 1. The number of hydrogen-bond acceptors (Lipinski definition) is 0. The highest BCUT2D eigenvalue weighted by atomic mass is 19.3. The molecular formula is C8H11F2N. The topological polar surface area (TPSA) is 4.93 Å². The van der Waals surface area contributed by atoms with Crippen molar-refractivity contribution in [1.82, 2.24) is 4.57 Å². The van der Waals surface area contributed by atoms with E-state index in [1.807, 2.05) is 26.0 Å². The van der Waals surface area contributed by atoms with Gasteiger partial charge >= 0.3 is 0 Å². The average molecular weight is 159 g/mol. The van der Waals surface area contributed by atoms with Crippen LogP contribution < -0.4 is 0 Å². The van der Waals surface area contributed by atoms with Crippen molar-refractivity contribution in [3.05, 3.63) is 23.5 Å². The Morgan fingerprint density at radius 1 is 1.27 bits per heavy atom. The summed E-state index contributed by atoms with van der Waals surface area (Å²) in [6, 6.07) is 3.69. The van der Waals surface area contributed by atoms with Crippen LogP contribution >= 0.6 is 0 Å². The summed E-state index contributed by atoms with van der Waals surface area (Å²) in [5.74, 6) is 0. The Morgan fingerprint density at radius 2 is 1.73 bits per heavy atom. The Hall–Kier alpha value is -0.860. The van der Waals surface area contributed by atoms with Crippen LogP contribution in [0.3, 0.4) is 0 Å². The number of hydrogen-bond donors (Lipinski definition) is 0. The molecule has 0 fully saturated rings. The van der Waals surface area contributed by atoms with Crippen LogP contribution in [0.2, 0.25) is 0 Å². The summed E-state index contributed by atoms with van der Waals surface area (Å²) in [6.45, 7) is 3.47. The van der Waals surface area contributed by atoms with Crippen molar-refractivity contribution in [3.63, 3.8) is 0 Å². The van der Waals surface area contributed by atoms with Crippen molar-refractivity contribution in [3.8, 4) is 0 Å². The number of alkyl halides is 2. The van der Waals surface area contributed by atoms with Gasteiger partial charge < -0.3 is 4.57 Å². The molecule has 0 aliphatic rings. The lowest BCUT2D eigenvalue weighted by Gasteiger charge is -2.07. The van der Waals surface area contributed by atoms with Gasteiger partial charge in [0.05, 0.1) is 6.54 Å². The summed E-state index contributed by atoms with van der Waals surface area (Å²) < 4.78 is 25.5. The van der Waals surface area contributed by atoms with Crippen LogP contribution in [-0.4, -0.2) is 11.0 Å². The van der Waals surface area contributed by atoms with E-state index in [1.54, 1.807) is 4.57 Å². The van der Waals surface area contributed by atoms with Crippen LogP contribution in [-0.2, 0) is 6.54 Å². The van der Waals surface area contributed by atoms with Gasteiger partial charge in [0, 0.05) is 11.4 Å². The van der Waals surface area contributed by atoms with Gasteiger partial charge in [0.15, 0.2) is 0 Å². The van der Waals surface area contributed by atoms with Gasteiger partial charge in [-0.15, -0.1) is 0 Å². The van der Waals surface area contributed by atoms with Gasteiger partial charge in [0.2, 0.25) is 0 Å². The van der Waals surface area contributed by atoms with E-state index in [-0.39, 0.29) is 6.54 Å². The van der Waals surface area contributed by atoms with Crippen LogP contribution in [0.1, 0.15) is 11.4 Å². The zero-order chi connectivity index (χ0) is 8.43. The summed E-state index contributed by atoms with van der Waals surface area (Å²) in [4.78, 5) is 0. The van der Waals surface area contributed by atoms with Gasteiger partial charge in [-0.2, -0.15) is 0 Å². The third kappa shape index (κ3) is 1.79. The van der Waals surface area contributed by atoms with Gasteiger partial charge in [-0.1, -0.05) is 0 Å². The highest BCUT2D eigenvalue weighted by Crippen LogP contribution is 2.09. The lowest BCUT2D eigenvalue weighted by Crippen LogP contribution is -2.09. The fourth-order valence-electron chi connectivity index (χ4n) is 1.13.